The largest absolute Gasteiger partial charge is 0.296 e. The molecular weight excluding hydrogens is 294 g/mol. The average Bonchev–Trinajstić information content (AvgIpc) is 3.14. The Kier molecular flexibility index (Phi) is 2.94. The Morgan fingerprint density at radius 3 is 2.77 bits per heavy atom. The zero-order valence-corrected chi connectivity index (χ0v) is 12.7. The molecule has 0 radical (unpaired) electrons. The molecule has 4 nitrogen and oxygen atoms in total. The Hall–Kier alpha value is -2.66. The van der Waals surface area contributed by atoms with Crippen LogP contribution in [0.2, 0.25) is 0 Å². The second-order valence-electron chi connectivity index (χ2n) is 5.15. The van der Waals surface area contributed by atoms with Crippen molar-refractivity contribution in [1.82, 2.24) is 14.6 Å². The molecular formula is C17H13N3OS. The van der Waals surface area contributed by atoms with E-state index in [0.29, 0.717) is 5.65 Å². The fourth-order valence-corrected chi connectivity index (χ4v) is 3.47. The summed E-state index contributed by atoms with van der Waals surface area (Å²) in [6.45, 7) is 1.84. The maximum atomic E-state index is 12.0. The SMILES string of the molecule is Cc1cc(=O)n2[nH]cc(-c3cc(-c4ccccc4)cs3)c2n1. The van der Waals surface area contributed by atoms with Gasteiger partial charge in [0.05, 0.1) is 5.56 Å². The number of rotatable bonds is 2. The van der Waals surface area contributed by atoms with Crippen LogP contribution in [0.15, 0.2) is 58.8 Å². The summed E-state index contributed by atoms with van der Waals surface area (Å²) in [5.41, 5.74) is 4.62. The monoisotopic (exact) mass is 307 g/mol. The van der Waals surface area contributed by atoms with Gasteiger partial charge in [0.15, 0.2) is 5.65 Å². The van der Waals surface area contributed by atoms with Gasteiger partial charge in [0, 0.05) is 22.8 Å². The van der Waals surface area contributed by atoms with Crippen LogP contribution in [0.25, 0.3) is 27.2 Å². The van der Waals surface area contributed by atoms with Crippen molar-refractivity contribution >= 4 is 17.0 Å². The highest BCUT2D eigenvalue weighted by atomic mass is 32.1. The molecule has 1 aromatic carbocycles. The van der Waals surface area contributed by atoms with Crippen molar-refractivity contribution in [2.24, 2.45) is 0 Å². The molecule has 0 spiro atoms. The van der Waals surface area contributed by atoms with Crippen LogP contribution >= 0.6 is 11.3 Å². The summed E-state index contributed by atoms with van der Waals surface area (Å²) in [7, 11) is 0. The van der Waals surface area contributed by atoms with Gasteiger partial charge in [0.1, 0.15) is 0 Å². The minimum Gasteiger partial charge on any atom is -0.296 e. The molecule has 3 heterocycles. The molecule has 4 rings (SSSR count). The fourth-order valence-electron chi connectivity index (χ4n) is 2.54. The molecule has 0 atom stereocenters. The molecule has 0 bridgehead atoms. The van der Waals surface area contributed by atoms with E-state index in [0.717, 1.165) is 16.1 Å². The summed E-state index contributed by atoms with van der Waals surface area (Å²) < 4.78 is 1.48. The lowest BCUT2D eigenvalue weighted by Gasteiger charge is -1.97. The maximum Gasteiger partial charge on any atom is 0.272 e. The molecule has 0 saturated heterocycles. The van der Waals surface area contributed by atoms with Crippen LogP contribution in [0.5, 0.6) is 0 Å². The molecule has 0 aliphatic carbocycles. The van der Waals surface area contributed by atoms with Crippen molar-refractivity contribution in [2.45, 2.75) is 6.92 Å². The van der Waals surface area contributed by atoms with Gasteiger partial charge in [-0.2, -0.15) is 0 Å². The van der Waals surface area contributed by atoms with Gasteiger partial charge >= 0.3 is 0 Å². The minimum atomic E-state index is -0.0893. The van der Waals surface area contributed by atoms with E-state index in [1.54, 1.807) is 11.3 Å². The molecule has 1 N–H and O–H groups in total. The zero-order valence-electron chi connectivity index (χ0n) is 11.9. The zero-order chi connectivity index (χ0) is 15.1. The number of hydrogen-bond donors (Lipinski definition) is 1. The molecule has 4 aromatic rings. The summed E-state index contributed by atoms with van der Waals surface area (Å²) in [5.74, 6) is 0. The Bertz CT molecular complexity index is 1010. The molecule has 108 valence electrons. The number of nitrogens with one attached hydrogen (secondary N) is 1. The first-order valence-electron chi connectivity index (χ1n) is 6.94. The summed E-state index contributed by atoms with van der Waals surface area (Å²) in [6, 6.07) is 13.9. The first-order chi connectivity index (χ1) is 10.7. The topological polar surface area (TPSA) is 50.2 Å². The molecule has 0 amide bonds. The van der Waals surface area contributed by atoms with Crippen molar-refractivity contribution in [2.75, 3.05) is 0 Å². The van der Waals surface area contributed by atoms with E-state index >= 15 is 0 Å². The lowest BCUT2D eigenvalue weighted by molar-refractivity contribution is 0.890. The number of aromatic nitrogens is 3. The number of H-pyrrole nitrogens is 1. The van der Waals surface area contributed by atoms with E-state index in [1.165, 1.54) is 21.7 Å². The van der Waals surface area contributed by atoms with Gasteiger partial charge in [-0.15, -0.1) is 11.3 Å². The second-order valence-corrected chi connectivity index (χ2v) is 6.06. The molecule has 5 heteroatoms. The van der Waals surface area contributed by atoms with Crippen molar-refractivity contribution in [3.05, 3.63) is 70.1 Å². The number of hydrogen-bond acceptors (Lipinski definition) is 3. The fraction of sp³-hybridized carbons (Fsp3) is 0.0588. The van der Waals surface area contributed by atoms with Crippen LogP contribution in [0.1, 0.15) is 5.69 Å². The van der Waals surface area contributed by atoms with Gasteiger partial charge in [-0.3, -0.25) is 9.89 Å². The third-order valence-electron chi connectivity index (χ3n) is 3.60. The van der Waals surface area contributed by atoms with Crippen molar-refractivity contribution in [3.8, 4) is 21.6 Å². The van der Waals surface area contributed by atoms with Crippen molar-refractivity contribution in [1.29, 1.82) is 0 Å². The quantitative estimate of drug-likeness (QED) is 0.613. The summed E-state index contributed by atoms with van der Waals surface area (Å²) in [6.07, 6.45) is 1.84. The third-order valence-corrected chi connectivity index (χ3v) is 4.56. The van der Waals surface area contributed by atoms with E-state index in [-0.39, 0.29) is 5.56 Å². The Labute approximate surface area is 130 Å². The van der Waals surface area contributed by atoms with Crippen LogP contribution in [0, 0.1) is 6.92 Å². The van der Waals surface area contributed by atoms with E-state index in [9.17, 15) is 4.79 Å². The maximum absolute atomic E-state index is 12.0. The third kappa shape index (κ3) is 2.07. The molecule has 0 fully saturated rings. The smallest absolute Gasteiger partial charge is 0.272 e. The standard InChI is InChI=1S/C17H13N3OS/c1-11-7-16(21)20-17(19-11)14(9-18-20)15-8-13(10-22-15)12-5-3-2-4-6-12/h2-10,18H,1H3. The molecule has 0 saturated carbocycles. The summed E-state index contributed by atoms with van der Waals surface area (Å²) in [5, 5.41) is 5.11. The number of aryl methyl sites for hydroxylation is 1. The number of thiophene rings is 1. The van der Waals surface area contributed by atoms with Crippen LogP contribution in [-0.4, -0.2) is 14.6 Å². The van der Waals surface area contributed by atoms with Crippen LogP contribution in [-0.2, 0) is 0 Å². The second kappa shape index (κ2) is 4.96. The van der Waals surface area contributed by atoms with Gasteiger partial charge in [-0.1, -0.05) is 30.3 Å². The van der Waals surface area contributed by atoms with E-state index in [1.807, 2.05) is 31.3 Å². The van der Waals surface area contributed by atoms with E-state index < -0.39 is 0 Å². The minimum absolute atomic E-state index is 0.0893. The summed E-state index contributed by atoms with van der Waals surface area (Å²) >= 11 is 1.65. The van der Waals surface area contributed by atoms with Crippen LogP contribution in [0.3, 0.4) is 0 Å². The average molecular weight is 307 g/mol. The highest BCUT2D eigenvalue weighted by Gasteiger charge is 2.12. The highest BCUT2D eigenvalue weighted by molar-refractivity contribution is 7.14. The predicted molar refractivity (Wildman–Crippen MR) is 89.3 cm³/mol. The lowest BCUT2D eigenvalue weighted by atomic mass is 10.1. The Balaban J connectivity index is 1.87. The van der Waals surface area contributed by atoms with Gasteiger partial charge in [0.2, 0.25) is 0 Å². The lowest BCUT2D eigenvalue weighted by Crippen LogP contribution is -2.14. The number of fused-ring (bicyclic) bond motifs is 1. The van der Waals surface area contributed by atoms with Gasteiger partial charge < -0.3 is 0 Å². The molecule has 22 heavy (non-hydrogen) atoms. The Morgan fingerprint density at radius 1 is 1.14 bits per heavy atom. The van der Waals surface area contributed by atoms with Crippen molar-refractivity contribution in [3.63, 3.8) is 0 Å². The molecule has 0 unspecified atom stereocenters. The molecule has 0 aliphatic rings. The van der Waals surface area contributed by atoms with E-state index in [4.69, 9.17) is 0 Å². The highest BCUT2D eigenvalue weighted by Crippen LogP contribution is 2.33. The Morgan fingerprint density at radius 2 is 1.95 bits per heavy atom. The molecule has 3 aromatic heterocycles. The first-order valence-corrected chi connectivity index (χ1v) is 7.82. The van der Waals surface area contributed by atoms with Gasteiger partial charge in [-0.25, -0.2) is 9.50 Å². The number of nitrogens with zero attached hydrogens (tertiary/aromatic N) is 2. The molecule has 0 aliphatic heterocycles. The van der Waals surface area contributed by atoms with Crippen LogP contribution in [0.4, 0.5) is 0 Å². The first kappa shape index (κ1) is 13.0. The van der Waals surface area contributed by atoms with Crippen LogP contribution < -0.4 is 5.56 Å². The summed E-state index contributed by atoms with van der Waals surface area (Å²) in [4.78, 5) is 17.6. The predicted octanol–water partition coefficient (Wildman–Crippen LogP) is 3.73. The normalized spacial score (nSPS) is 11.1. The number of benzene rings is 1. The van der Waals surface area contributed by atoms with E-state index in [2.05, 4.69) is 33.7 Å². The van der Waals surface area contributed by atoms with Gasteiger partial charge in [0.25, 0.3) is 5.56 Å². The van der Waals surface area contributed by atoms with Gasteiger partial charge in [-0.05, 0) is 29.5 Å². The number of aromatic amines is 1. The van der Waals surface area contributed by atoms with Crippen molar-refractivity contribution < 1.29 is 0 Å².